The van der Waals surface area contributed by atoms with Crippen LogP contribution in [0.1, 0.15) is 40.5 Å². The normalized spacial score (nSPS) is 29.1. The molecule has 2 saturated heterocycles. The van der Waals surface area contributed by atoms with Crippen LogP contribution in [-0.2, 0) is 14.3 Å². The zero-order chi connectivity index (χ0) is 18.0. The average molecular weight is 344 g/mol. The highest BCUT2D eigenvalue weighted by Gasteiger charge is 2.39. The highest BCUT2D eigenvalue weighted by Crippen LogP contribution is 2.23. The molecule has 2 amide bonds. The van der Waals surface area contributed by atoms with Gasteiger partial charge in [-0.05, 0) is 40.5 Å². The second-order valence-corrected chi connectivity index (χ2v) is 7.99. The number of hydrogen-bond donors (Lipinski definition) is 0. The van der Waals surface area contributed by atoms with Gasteiger partial charge in [0, 0.05) is 19.7 Å². The van der Waals surface area contributed by atoms with Crippen LogP contribution in [0.5, 0.6) is 0 Å². The Balaban J connectivity index is 2.03. The van der Waals surface area contributed by atoms with Gasteiger partial charge in [0.05, 0.1) is 25.6 Å². The summed E-state index contributed by atoms with van der Waals surface area (Å²) in [5.74, 6) is -0.285. The van der Waals surface area contributed by atoms with Gasteiger partial charge in [0.2, 0.25) is 5.91 Å². The number of nitrogens with zero attached hydrogens (tertiary/aromatic N) is 2. The van der Waals surface area contributed by atoms with E-state index in [0.29, 0.717) is 19.8 Å². The quantitative estimate of drug-likeness (QED) is 0.732. The van der Waals surface area contributed by atoms with E-state index in [2.05, 4.69) is 0 Å². The minimum atomic E-state index is -1.67. The van der Waals surface area contributed by atoms with Crippen LogP contribution in [-0.4, -0.2) is 72.5 Å². The summed E-state index contributed by atoms with van der Waals surface area (Å²) in [6, 6.07) is 0. The first-order valence-corrected chi connectivity index (χ1v) is 8.61. The van der Waals surface area contributed by atoms with E-state index in [1.165, 1.54) is 16.7 Å². The molecular formula is C17H29FN2O4. The molecule has 2 aliphatic rings. The maximum Gasteiger partial charge on any atom is 0.410 e. The Morgan fingerprint density at radius 3 is 2.42 bits per heavy atom. The highest BCUT2D eigenvalue weighted by atomic mass is 19.1. The first-order chi connectivity index (χ1) is 11.1. The Morgan fingerprint density at radius 2 is 1.83 bits per heavy atom. The van der Waals surface area contributed by atoms with Gasteiger partial charge in [0.1, 0.15) is 11.3 Å². The van der Waals surface area contributed by atoms with Crippen molar-refractivity contribution in [1.82, 2.24) is 9.80 Å². The molecule has 0 spiro atoms. The number of hydrogen-bond acceptors (Lipinski definition) is 4. The minimum Gasteiger partial charge on any atom is -0.444 e. The third kappa shape index (κ3) is 5.33. The van der Waals surface area contributed by atoms with Gasteiger partial charge in [-0.1, -0.05) is 0 Å². The zero-order valence-corrected chi connectivity index (χ0v) is 15.1. The first kappa shape index (κ1) is 19.0. The Bertz CT molecular complexity index is 470. The van der Waals surface area contributed by atoms with Gasteiger partial charge in [0.15, 0.2) is 0 Å². The second kappa shape index (κ2) is 7.25. The van der Waals surface area contributed by atoms with Crippen molar-refractivity contribution in [2.75, 3.05) is 39.4 Å². The van der Waals surface area contributed by atoms with Crippen LogP contribution in [0.3, 0.4) is 0 Å². The largest absolute Gasteiger partial charge is 0.444 e. The molecule has 6 nitrogen and oxygen atoms in total. The van der Waals surface area contributed by atoms with Crippen molar-refractivity contribution in [3.63, 3.8) is 0 Å². The van der Waals surface area contributed by atoms with Crippen LogP contribution in [0.4, 0.5) is 9.18 Å². The predicted octanol–water partition coefficient (Wildman–Crippen LogP) is 2.22. The molecule has 7 heteroatoms. The van der Waals surface area contributed by atoms with Crippen LogP contribution >= 0.6 is 0 Å². The molecule has 0 aromatic rings. The van der Waals surface area contributed by atoms with E-state index in [0.717, 1.165) is 12.8 Å². The summed E-state index contributed by atoms with van der Waals surface area (Å²) in [4.78, 5) is 27.8. The molecule has 0 radical (unpaired) electrons. The van der Waals surface area contributed by atoms with Gasteiger partial charge in [-0.15, -0.1) is 0 Å². The molecule has 0 N–H and O–H groups in total. The third-order valence-corrected chi connectivity index (χ3v) is 4.15. The van der Waals surface area contributed by atoms with Gasteiger partial charge >= 0.3 is 6.09 Å². The smallest absolute Gasteiger partial charge is 0.410 e. The number of carbonyl (C=O) groups is 2. The summed E-state index contributed by atoms with van der Waals surface area (Å²) in [6.45, 7) is 8.32. The lowest BCUT2D eigenvalue weighted by Crippen LogP contribution is -2.46. The van der Waals surface area contributed by atoms with Crippen LogP contribution < -0.4 is 0 Å². The van der Waals surface area contributed by atoms with E-state index in [1.54, 1.807) is 20.8 Å². The van der Waals surface area contributed by atoms with E-state index < -0.39 is 17.4 Å². The Kier molecular flexibility index (Phi) is 5.73. The van der Waals surface area contributed by atoms with Crippen LogP contribution in [0, 0.1) is 5.92 Å². The van der Waals surface area contributed by atoms with E-state index in [9.17, 15) is 14.0 Å². The standard InChI is InChI=1S/C17H29FN2O4/c1-16(2,3)24-15(22)20-8-7-19(11-17(4,18)12-20)14(21)13-6-5-9-23-10-13/h13H,5-12H2,1-4H3/t13-,17-/m1/s1. The number of carbonyl (C=O) groups excluding carboxylic acids is 2. The molecule has 0 aromatic heterocycles. The molecule has 0 aliphatic carbocycles. The predicted molar refractivity (Wildman–Crippen MR) is 87.4 cm³/mol. The number of halogens is 1. The number of rotatable bonds is 1. The zero-order valence-electron chi connectivity index (χ0n) is 15.1. The van der Waals surface area contributed by atoms with E-state index in [-0.39, 0.29) is 31.5 Å². The molecule has 24 heavy (non-hydrogen) atoms. The summed E-state index contributed by atoms with van der Waals surface area (Å²) in [5, 5.41) is 0. The molecule has 2 atom stereocenters. The fourth-order valence-corrected chi connectivity index (χ4v) is 3.11. The fourth-order valence-electron chi connectivity index (χ4n) is 3.11. The second-order valence-electron chi connectivity index (χ2n) is 7.99. The van der Waals surface area contributed by atoms with Crippen molar-refractivity contribution in [3.05, 3.63) is 0 Å². The van der Waals surface area contributed by atoms with Crippen LogP contribution in [0.2, 0.25) is 0 Å². The molecule has 0 bridgehead atoms. The minimum absolute atomic E-state index is 0.0123. The maximum absolute atomic E-state index is 14.9. The van der Waals surface area contributed by atoms with Crippen molar-refractivity contribution < 1.29 is 23.5 Å². The molecule has 0 aromatic carbocycles. The average Bonchev–Trinajstić information content (AvgIpc) is 2.64. The monoisotopic (exact) mass is 344 g/mol. The van der Waals surface area contributed by atoms with Crippen LogP contribution in [0.25, 0.3) is 0 Å². The summed E-state index contributed by atoms with van der Waals surface area (Å²) >= 11 is 0. The van der Waals surface area contributed by atoms with E-state index >= 15 is 0 Å². The fraction of sp³-hybridized carbons (Fsp3) is 0.882. The summed E-state index contributed by atoms with van der Waals surface area (Å²) in [7, 11) is 0. The lowest BCUT2D eigenvalue weighted by molar-refractivity contribution is -0.141. The molecule has 0 saturated carbocycles. The van der Waals surface area contributed by atoms with Crippen LogP contribution in [0.15, 0.2) is 0 Å². The van der Waals surface area contributed by atoms with E-state index in [1.807, 2.05) is 0 Å². The molecule has 138 valence electrons. The molecule has 2 aliphatic heterocycles. The number of amides is 2. The Morgan fingerprint density at radius 1 is 1.21 bits per heavy atom. The lowest BCUT2D eigenvalue weighted by Gasteiger charge is -2.31. The first-order valence-electron chi connectivity index (χ1n) is 8.61. The van der Waals surface area contributed by atoms with Gasteiger partial charge < -0.3 is 19.3 Å². The van der Waals surface area contributed by atoms with Crippen molar-refractivity contribution in [3.8, 4) is 0 Å². The molecule has 2 fully saturated rings. The third-order valence-electron chi connectivity index (χ3n) is 4.15. The molecular weight excluding hydrogens is 315 g/mol. The molecule has 0 unspecified atom stereocenters. The summed E-state index contributed by atoms with van der Waals surface area (Å²) in [5.41, 5.74) is -2.30. The lowest BCUT2D eigenvalue weighted by atomic mass is 10.00. The Hall–Kier alpha value is -1.37. The molecule has 2 heterocycles. The summed E-state index contributed by atoms with van der Waals surface area (Å²) < 4.78 is 25.6. The van der Waals surface area contributed by atoms with Gasteiger partial charge in [-0.3, -0.25) is 4.79 Å². The SMILES string of the molecule is CC(C)(C)OC(=O)N1CCN(C(=O)[C@@H]2CCCOC2)C[C@@](C)(F)C1. The number of alkyl halides is 1. The highest BCUT2D eigenvalue weighted by molar-refractivity contribution is 5.79. The van der Waals surface area contributed by atoms with Gasteiger partial charge in [-0.2, -0.15) is 0 Å². The van der Waals surface area contributed by atoms with Gasteiger partial charge in [-0.25, -0.2) is 9.18 Å². The molecule has 2 rings (SSSR count). The van der Waals surface area contributed by atoms with Crippen molar-refractivity contribution in [1.29, 1.82) is 0 Å². The van der Waals surface area contributed by atoms with E-state index in [4.69, 9.17) is 9.47 Å². The summed E-state index contributed by atoms with van der Waals surface area (Å²) in [6.07, 6.45) is 1.08. The van der Waals surface area contributed by atoms with Gasteiger partial charge in [0.25, 0.3) is 0 Å². The topological polar surface area (TPSA) is 59.1 Å². The van der Waals surface area contributed by atoms with Crippen molar-refractivity contribution in [2.45, 2.75) is 51.8 Å². The van der Waals surface area contributed by atoms with Crippen molar-refractivity contribution >= 4 is 12.0 Å². The number of ether oxygens (including phenoxy) is 2. The Labute approximate surface area is 143 Å². The van der Waals surface area contributed by atoms with Crippen molar-refractivity contribution in [2.24, 2.45) is 5.92 Å². The maximum atomic E-state index is 14.9.